The summed E-state index contributed by atoms with van der Waals surface area (Å²) in [6.07, 6.45) is 5.13. The van der Waals surface area contributed by atoms with Crippen molar-refractivity contribution in [1.29, 1.82) is 0 Å². The third-order valence-electron chi connectivity index (χ3n) is 3.14. The fraction of sp³-hybridized carbons (Fsp3) is 0.500. The Kier molecular flexibility index (Phi) is 2.46. The van der Waals surface area contributed by atoms with Crippen LogP contribution in [0.2, 0.25) is 0 Å². The van der Waals surface area contributed by atoms with Crippen LogP contribution in [0, 0.1) is 0 Å². The molecule has 1 saturated carbocycles. The molecule has 1 aliphatic rings. The monoisotopic (exact) mass is 191 g/mol. The summed E-state index contributed by atoms with van der Waals surface area (Å²) < 4.78 is 0. The molecular formula is C12H17NO. The Bertz CT molecular complexity index is 316. The van der Waals surface area contributed by atoms with Crippen LogP contribution in [-0.4, -0.2) is 5.11 Å². The van der Waals surface area contributed by atoms with E-state index in [1.165, 1.54) is 6.42 Å². The van der Waals surface area contributed by atoms with Crippen molar-refractivity contribution >= 4 is 5.69 Å². The lowest BCUT2D eigenvalue weighted by molar-refractivity contribution is 0.0000843. The predicted octanol–water partition coefficient (Wildman–Crippen LogP) is 2.42. The van der Waals surface area contributed by atoms with Gasteiger partial charge in [-0.1, -0.05) is 37.5 Å². The molecule has 0 spiro atoms. The zero-order valence-electron chi connectivity index (χ0n) is 8.37. The molecule has 2 heteroatoms. The van der Waals surface area contributed by atoms with Crippen LogP contribution in [0.4, 0.5) is 5.69 Å². The van der Waals surface area contributed by atoms with Gasteiger partial charge in [-0.3, -0.25) is 0 Å². The molecule has 3 N–H and O–H groups in total. The highest BCUT2D eigenvalue weighted by atomic mass is 16.3. The maximum atomic E-state index is 10.4. The average molecular weight is 191 g/mol. The Morgan fingerprint density at radius 3 is 2.36 bits per heavy atom. The minimum Gasteiger partial charge on any atom is -0.398 e. The van der Waals surface area contributed by atoms with Crippen molar-refractivity contribution in [3.63, 3.8) is 0 Å². The molecule has 1 aliphatic carbocycles. The Balaban J connectivity index is 2.32. The van der Waals surface area contributed by atoms with E-state index in [1.807, 2.05) is 24.3 Å². The summed E-state index contributed by atoms with van der Waals surface area (Å²) in [5.41, 5.74) is 6.85. The number of para-hydroxylation sites is 1. The molecule has 0 radical (unpaired) electrons. The van der Waals surface area contributed by atoms with Crippen LogP contribution in [0.15, 0.2) is 24.3 Å². The number of benzene rings is 1. The summed E-state index contributed by atoms with van der Waals surface area (Å²) in [6, 6.07) is 7.66. The summed E-state index contributed by atoms with van der Waals surface area (Å²) in [6.45, 7) is 0. The van der Waals surface area contributed by atoms with Gasteiger partial charge in [-0.25, -0.2) is 0 Å². The van der Waals surface area contributed by atoms with Crippen molar-refractivity contribution < 1.29 is 5.11 Å². The Morgan fingerprint density at radius 2 is 1.71 bits per heavy atom. The average Bonchev–Trinajstić information content (AvgIpc) is 2.19. The number of aliphatic hydroxyl groups is 1. The molecule has 0 aromatic heterocycles. The number of anilines is 1. The van der Waals surface area contributed by atoms with Crippen molar-refractivity contribution in [3.8, 4) is 0 Å². The normalized spacial score (nSPS) is 20.6. The van der Waals surface area contributed by atoms with Crippen LogP contribution in [0.3, 0.4) is 0 Å². The van der Waals surface area contributed by atoms with Gasteiger partial charge >= 0.3 is 0 Å². The largest absolute Gasteiger partial charge is 0.398 e. The SMILES string of the molecule is Nc1ccccc1C1(O)CCCCC1. The van der Waals surface area contributed by atoms with Gasteiger partial charge in [0.15, 0.2) is 0 Å². The molecule has 0 saturated heterocycles. The Labute approximate surface area is 84.7 Å². The molecule has 0 heterocycles. The fourth-order valence-corrected chi connectivity index (χ4v) is 2.33. The first-order valence-corrected chi connectivity index (χ1v) is 5.30. The first-order chi connectivity index (χ1) is 6.72. The third-order valence-corrected chi connectivity index (χ3v) is 3.14. The Morgan fingerprint density at radius 1 is 1.07 bits per heavy atom. The molecule has 0 unspecified atom stereocenters. The van der Waals surface area contributed by atoms with E-state index in [0.29, 0.717) is 0 Å². The van der Waals surface area contributed by atoms with Crippen molar-refractivity contribution in [2.75, 3.05) is 5.73 Å². The lowest BCUT2D eigenvalue weighted by Gasteiger charge is -2.33. The van der Waals surface area contributed by atoms with Gasteiger partial charge in [0.25, 0.3) is 0 Å². The zero-order valence-corrected chi connectivity index (χ0v) is 8.37. The van der Waals surface area contributed by atoms with E-state index in [0.717, 1.165) is 36.9 Å². The standard InChI is InChI=1S/C12H17NO/c13-11-7-3-2-6-10(11)12(14)8-4-1-5-9-12/h2-3,6-7,14H,1,4-5,8-9,13H2. The summed E-state index contributed by atoms with van der Waals surface area (Å²) in [5, 5.41) is 10.4. The fourth-order valence-electron chi connectivity index (χ4n) is 2.33. The quantitative estimate of drug-likeness (QED) is 0.670. The number of nitrogen functional groups attached to an aromatic ring is 1. The van der Waals surface area contributed by atoms with E-state index < -0.39 is 5.60 Å². The molecule has 0 bridgehead atoms. The van der Waals surface area contributed by atoms with E-state index in [1.54, 1.807) is 0 Å². The van der Waals surface area contributed by atoms with E-state index in [9.17, 15) is 5.11 Å². The lowest BCUT2D eigenvalue weighted by atomic mass is 9.79. The molecule has 1 aromatic carbocycles. The van der Waals surface area contributed by atoms with Crippen LogP contribution in [0.1, 0.15) is 37.7 Å². The van der Waals surface area contributed by atoms with Crippen molar-refractivity contribution in [3.05, 3.63) is 29.8 Å². The first-order valence-electron chi connectivity index (χ1n) is 5.30. The molecular weight excluding hydrogens is 174 g/mol. The van der Waals surface area contributed by atoms with Gasteiger partial charge in [-0.15, -0.1) is 0 Å². The molecule has 0 aliphatic heterocycles. The molecule has 1 aromatic rings. The van der Waals surface area contributed by atoms with Gasteiger partial charge in [0.1, 0.15) is 0 Å². The number of hydrogen-bond donors (Lipinski definition) is 2. The van der Waals surface area contributed by atoms with Crippen LogP contribution >= 0.6 is 0 Å². The minimum atomic E-state index is -0.663. The second-order valence-electron chi connectivity index (χ2n) is 4.18. The first kappa shape index (κ1) is 9.53. The van der Waals surface area contributed by atoms with Crippen LogP contribution in [-0.2, 0) is 5.60 Å². The van der Waals surface area contributed by atoms with E-state index >= 15 is 0 Å². The number of hydrogen-bond acceptors (Lipinski definition) is 2. The zero-order chi connectivity index (χ0) is 10.0. The van der Waals surface area contributed by atoms with Crippen LogP contribution in [0.25, 0.3) is 0 Å². The van der Waals surface area contributed by atoms with Gasteiger partial charge in [-0.05, 0) is 18.9 Å². The van der Waals surface area contributed by atoms with Crippen LogP contribution in [0.5, 0.6) is 0 Å². The summed E-state index contributed by atoms with van der Waals surface area (Å²) in [7, 11) is 0. The maximum absolute atomic E-state index is 10.4. The van der Waals surface area contributed by atoms with Crippen molar-refractivity contribution in [1.82, 2.24) is 0 Å². The third kappa shape index (κ3) is 1.62. The smallest absolute Gasteiger partial charge is 0.0916 e. The van der Waals surface area contributed by atoms with Gasteiger partial charge in [0, 0.05) is 11.3 Å². The molecule has 14 heavy (non-hydrogen) atoms. The Hall–Kier alpha value is -1.02. The van der Waals surface area contributed by atoms with Gasteiger partial charge < -0.3 is 10.8 Å². The lowest BCUT2D eigenvalue weighted by Crippen LogP contribution is -2.29. The van der Waals surface area contributed by atoms with Crippen molar-refractivity contribution in [2.24, 2.45) is 0 Å². The van der Waals surface area contributed by atoms with E-state index in [4.69, 9.17) is 5.73 Å². The summed E-state index contributed by atoms with van der Waals surface area (Å²) in [5.74, 6) is 0. The summed E-state index contributed by atoms with van der Waals surface area (Å²) in [4.78, 5) is 0. The molecule has 2 nitrogen and oxygen atoms in total. The number of nitrogens with two attached hydrogens (primary N) is 1. The maximum Gasteiger partial charge on any atom is 0.0916 e. The second-order valence-corrected chi connectivity index (χ2v) is 4.18. The molecule has 0 atom stereocenters. The second kappa shape index (κ2) is 3.62. The predicted molar refractivity (Wildman–Crippen MR) is 57.8 cm³/mol. The molecule has 1 fully saturated rings. The topological polar surface area (TPSA) is 46.2 Å². The minimum absolute atomic E-state index is 0.663. The van der Waals surface area contributed by atoms with Gasteiger partial charge in [-0.2, -0.15) is 0 Å². The van der Waals surface area contributed by atoms with Crippen molar-refractivity contribution in [2.45, 2.75) is 37.7 Å². The molecule has 2 rings (SSSR count). The van der Waals surface area contributed by atoms with E-state index in [-0.39, 0.29) is 0 Å². The number of rotatable bonds is 1. The van der Waals surface area contributed by atoms with Crippen LogP contribution < -0.4 is 5.73 Å². The highest BCUT2D eigenvalue weighted by Gasteiger charge is 2.32. The highest BCUT2D eigenvalue weighted by molar-refractivity contribution is 5.49. The molecule has 0 amide bonds. The summed E-state index contributed by atoms with van der Waals surface area (Å²) >= 11 is 0. The highest BCUT2D eigenvalue weighted by Crippen LogP contribution is 2.39. The molecule has 76 valence electrons. The van der Waals surface area contributed by atoms with E-state index in [2.05, 4.69) is 0 Å². The van der Waals surface area contributed by atoms with Gasteiger partial charge in [0.2, 0.25) is 0 Å². The van der Waals surface area contributed by atoms with Gasteiger partial charge in [0.05, 0.1) is 5.60 Å².